The lowest BCUT2D eigenvalue weighted by Crippen LogP contribution is -2.31. The Morgan fingerprint density at radius 1 is 1.28 bits per heavy atom. The lowest BCUT2D eigenvalue weighted by atomic mass is 10.2. The average molecular weight is 431 g/mol. The summed E-state index contributed by atoms with van der Waals surface area (Å²) in [5, 5.41) is 13.5. The van der Waals surface area contributed by atoms with E-state index in [4.69, 9.17) is 12.2 Å². The molecule has 0 aliphatic carbocycles. The van der Waals surface area contributed by atoms with Gasteiger partial charge in [0.05, 0.1) is 9.83 Å². The first-order valence-corrected chi connectivity index (χ1v) is 9.61. The number of nitro groups is 1. The van der Waals surface area contributed by atoms with Crippen molar-refractivity contribution in [3.63, 3.8) is 0 Å². The van der Waals surface area contributed by atoms with Gasteiger partial charge >= 0.3 is 0 Å². The Bertz CT molecular complexity index is 1020. The molecule has 0 unspecified atom stereocenters. The van der Waals surface area contributed by atoms with Crippen LogP contribution in [0.4, 0.5) is 15.8 Å². The molecule has 3 rings (SSSR count). The minimum Gasteiger partial charge on any atom is -0.326 e. The Balaban J connectivity index is 1.63. The van der Waals surface area contributed by atoms with E-state index in [-0.39, 0.29) is 30.5 Å². The van der Waals surface area contributed by atoms with Gasteiger partial charge in [-0.1, -0.05) is 36.1 Å². The minimum absolute atomic E-state index is 0.00784. The number of carbonyl (C=O) groups excluding carboxylic acids is 2. The summed E-state index contributed by atoms with van der Waals surface area (Å²) in [5.41, 5.74) is 0.882. The number of nitrogens with zero attached hydrogens (tertiary/aromatic N) is 2. The van der Waals surface area contributed by atoms with Gasteiger partial charge in [-0.2, -0.15) is 0 Å². The highest BCUT2D eigenvalue weighted by atomic mass is 32.2. The van der Waals surface area contributed by atoms with Crippen molar-refractivity contribution in [3.05, 3.63) is 74.9 Å². The van der Waals surface area contributed by atoms with Gasteiger partial charge in [-0.3, -0.25) is 24.6 Å². The van der Waals surface area contributed by atoms with Crippen molar-refractivity contribution < 1.29 is 18.9 Å². The number of amides is 2. The first kappa shape index (κ1) is 20.6. The molecule has 1 fully saturated rings. The minimum atomic E-state index is -0.512. The molecular weight excluding hydrogens is 417 g/mol. The van der Waals surface area contributed by atoms with Crippen LogP contribution in [0.25, 0.3) is 6.08 Å². The molecular formula is C19H14FN3O4S2. The molecule has 2 aromatic carbocycles. The number of rotatable bonds is 6. The van der Waals surface area contributed by atoms with Gasteiger partial charge in [-0.15, -0.1) is 0 Å². The van der Waals surface area contributed by atoms with Gasteiger partial charge in [0.15, 0.2) is 0 Å². The van der Waals surface area contributed by atoms with E-state index in [9.17, 15) is 24.1 Å². The van der Waals surface area contributed by atoms with Crippen LogP contribution in [0.1, 0.15) is 12.0 Å². The van der Waals surface area contributed by atoms with Crippen molar-refractivity contribution >= 4 is 57.6 Å². The maximum absolute atomic E-state index is 12.9. The Morgan fingerprint density at radius 2 is 2.00 bits per heavy atom. The number of hydrogen-bond acceptors (Lipinski definition) is 6. The summed E-state index contributed by atoms with van der Waals surface area (Å²) < 4.78 is 13.2. The summed E-state index contributed by atoms with van der Waals surface area (Å²) >= 11 is 6.29. The molecule has 1 saturated heterocycles. The smallest absolute Gasteiger partial charge is 0.270 e. The van der Waals surface area contributed by atoms with Crippen LogP contribution < -0.4 is 5.32 Å². The number of anilines is 1. The van der Waals surface area contributed by atoms with Crippen LogP contribution in [0.5, 0.6) is 0 Å². The van der Waals surface area contributed by atoms with Crippen molar-refractivity contribution in [1.82, 2.24) is 4.90 Å². The number of benzene rings is 2. The molecule has 7 nitrogen and oxygen atoms in total. The van der Waals surface area contributed by atoms with E-state index in [0.29, 0.717) is 20.5 Å². The van der Waals surface area contributed by atoms with Gasteiger partial charge in [0.2, 0.25) is 5.91 Å². The second-order valence-electron chi connectivity index (χ2n) is 5.99. The zero-order valence-corrected chi connectivity index (χ0v) is 16.5. The Kier molecular flexibility index (Phi) is 6.35. The number of hydrogen-bond donors (Lipinski definition) is 1. The number of thiocarbonyl (C=S) groups is 1. The zero-order chi connectivity index (χ0) is 21.0. The number of halogens is 1. The van der Waals surface area contributed by atoms with Crippen molar-refractivity contribution in [2.75, 3.05) is 11.9 Å². The van der Waals surface area contributed by atoms with Crippen LogP contribution in [-0.4, -0.2) is 32.5 Å². The SMILES string of the molecule is O=C(CCN1C(=O)/C(=C/c2cccc([N+](=O)[O-])c2)SC1=S)Nc1ccc(F)cc1. The molecule has 148 valence electrons. The molecule has 0 spiro atoms. The van der Waals surface area contributed by atoms with Crippen LogP contribution >= 0.6 is 24.0 Å². The molecule has 0 atom stereocenters. The average Bonchev–Trinajstić information content (AvgIpc) is 2.95. The molecule has 1 aliphatic heterocycles. The van der Waals surface area contributed by atoms with E-state index in [1.807, 2.05) is 0 Å². The standard InChI is InChI=1S/C19H14FN3O4S2/c20-13-4-6-14(7-5-13)21-17(24)8-9-22-18(25)16(29-19(22)28)11-12-2-1-3-15(10-12)23(26)27/h1-7,10-11H,8-9H2,(H,21,24)/b16-11-. The third kappa shape index (κ3) is 5.24. The number of thioether (sulfide) groups is 1. The number of nitro benzene ring substituents is 1. The van der Waals surface area contributed by atoms with Crippen molar-refractivity contribution in [1.29, 1.82) is 0 Å². The van der Waals surface area contributed by atoms with Crippen molar-refractivity contribution in [2.45, 2.75) is 6.42 Å². The lowest BCUT2D eigenvalue weighted by Gasteiger charge is -2.14. The predicted molar refractivity (Wildman–Crippen MR) is 113 cm³/mol. The van der Waals surface area contributed by atoms with E-state index in [1.54, 1.807) is 6.07 Å². The Hall–Kier alpha value is -3.11. The number of non-ortho nitro benzene ring substituents is 1. The Morgan fingerprint density at radius 3 is 2.69 bits per heavy atom. The fraction of sp³-hybridized carbons (Fsp3) is 0.105. The van der Waals surface area contributed by atoms with E-state index >= 15 is 0 Å². The topological polar surface area (TPSA) is 92.5 Å². The fourth-order valence-electron chi connectivity index (χ4n) is 2.54. The first-order chi connectivity index (χ1) is 13.8. The molecule has 10 heteroatoms. The molecule has 0 aromatic heterocycles. The lowest BCUT2D eigenvalue weighted by molar-refractivity contribution is -0.384. The molecule has 1 N–H and O–H groups in total. The third-order valence-corrected chi connectivity index (χ3v) is 5.32. The predicted octanol–water partition coefficient (Wildman–Crippen LogP) is 3.96. The normalized spacial score (nSPS) is 15.1. The molecule has 2 amide bonds. The molecule has 0 saturated carbocycles. The summed E-state index contributed by atoms with van der Waals surface area (Å²) in [6.07, 6.45) is 1.54. The number of carbonyl (C=O) groups is 2. The zero-order valence-electron chi connectivity index (χ0n) is 14.8. The van der Waals surface area contributed by atoms with E-state index in [1.165, 1.54) is 53.4 Å². The van der Waals surface area contributed by atoms with Gasteiger partial charge in [-0.25, -0.2) is 4.39 Å². The van der Waals surface area contributed by atoms with Gasteiger partial charge in [0.25, 0.3) is 11.6 Å². The maximum atomic E-state index is 12.9. The monoisotopic (exact) mass is 431 g/mol. The quantitative estimate of drug-likeness (QED) is 0.322. The highest BCUT2D eigenvalue weighted by molar-refractivity contribution is 8.26. The third-order valence-electron chi connectivity index (χ3n) is 3.94. The van der Waals surface area contributed by atoms with Crippen molar-refractivity contribution in [2.24, 2.45) is 0 Å². The summed E-state index contributed by atoms with van der Waals surface area (Å²) in [7, 11) is 0. The van der Waals surface area contributed by atoms with Crippen LogP contribution in [0.2, 0.25) is 0 Å². The van der Waals surface area contributed by atoms with Gasteiger partial charge in [0, 0.05) is 30.8 Å². The highest BCUT2D eigenvalue weighted by Gasteiger charge is 2.32. The maximum Gasteiger partial charge on any atom is 0.270 e. The highest BCUT2D eigenvalue weighted by Crippen LogP contribution is 2.33. The molecule has 2 aromatic rings. The van der Waals surface area contributed by atoms with Crippen LogP contribution in [0, 0.1) is 15.9 Å². The Labute approximate surface area is 174 Å². The summed E-state index contributed by atoms with van der Waals surface area (Å²) in [6.45, 7) is 0.0873. The second-order valence-corrected chi connectivity index (χ2v) is 7.67. The van der Waals surface area contributed by atoms with E-state index < -0.39 is 10.7 Å². The summed E-state index contributed by atoms with van der Waals surface area (Å²) in [5.74, 6) is -1.11. The van der Waals surface area contributed by atoms with Crippen LogP contribution in [0.3, 0.4) is 0 Å². The summed E-state index contributed by atoms with van der Waals surface area (Å²) in [4.78, 5) is 36.7. The molecule has 0 radical (unpaired) electrons. The van der Waals surface area contributed by atoms with E-state index in [0.717, 1.165) is 11.8 Å². The summed E-state index contributed by atoms with van der Waals surface area (Å²) in [6, 6.07) is 11.3. The number of nitrogens with one attached hydrogen (secondary N) is 1. The molecule has 29 heavy (non-hydrogen) atoms. The second kappa shape index (κ2) is 8.93. The van der Waals surface area contributed by atoms with Gasteiger partial charge < -0.3 is 5.32 Å². The van der Waals surface area contributed by atoms with Crippen molar-refractivity contribution in [3.8, 4) is 0 Å². The fourth-order valence-corrected chi connectivity index (χ4v) is 3.85. The van der Waals surface area contributed by atoms with Crippen LogP contribution in [0.15, 0.2) is 53.4 Å². The molecule has 1 heterocycles. The molecule has 0 bridgehead atoms. The molecule has 1 aliphatic rings. The van der Waals surface area contributed by atoms with E-state index in [2.05, 4.69) is 5.32 Å². The van der Waals surface area contributed by atoms with Gasteiger partial charge in [0.1, 0.15) is 10.1 Å². The van der Waals surface area contributed by atoms with Crippen LogP contribution in [-0.2, 0) is 9.59 Å². The van der Waals surface area contributed by atoms with Gasteiger partial charge in [-0.05, 0) is 35.9 Å². The largest absolute Gasteiger partial charge is 0.326 e. The first-order valence-electron chi connectivity index (χ1n) is 8.39.